The van der Waals surface area contributed by atoms with Crippen molar-refractivity contribution in [2.75, 3.05) is 0 Å². The first-order valence-corrected chi connectivity index (χ1v) is 6.76. The van der Waals surface area contributed by atoms with Gasteiger partial charge in [0.15, 0.2) is 5.76 Å². The summed E-state index contributed by atoms with van der Waals surface area (Å²) in [6.07, 6.45) is 1.54. The molecule has 3 aromatic rings. The highest BCUT2D eigenvalue weighted by Crippen LogP contribution is 2.25. The molecule has 0 aromatic carbocycles. The van der Waals surface area contributed by atoms with Gasteiger partial charge in [0.25, 0.3) is 16.7 Å². The van der Waals surface area contributed by atoms with Crippen LogP contribution in [0.15, 0.2) is 43.3 Å². The molecule has 0 aliphatic carbocycles. The van der Waals surface area contributed by atoms with Crippen LogP contribution in [0.4, 0.5) is 0 Å². The van der Waals surface area contributed by atoms with Gasteiger partial charge in [0.1, 0.15) is 5.82 Å². The summed E-state index contributed by atoms with van der Waals surface area (Å²) in [7, 11) is 0. The van der Waals surface area contributed by atoms with Crippen LogP contribution < -0.4 is 5.56 Å². The number of nitrogens with one attached hydrogen (secondary N) is 1. The quantitative estimate of drug-likeness (QED) is 0.734. The predicted molar refractivity (Wildman–Crippen MR) is 71.2 cm³/mol. The average Bonchev–Trinajstić information content (AvgIpc) is 3.06. The minimum absolute atomic E-state index is 0.171. The molecule has 0 atom stereocenters. The number of H-pyrrole nitrogens is 1. The monoisotopic (exact) mass is 290 g/mol. The predicted octanol–water partition coefficient (Wildman–Crippen LogP) is 2.01. The molecule has 3 rings (SSSR count). The first-order chi connectivity index (χ1) is 9.70. The second kappa shape index (κ2) is 5.33. The molecular formula is C12H10N4O3S. The molecule has 0 radical (unpaired) electrons. The Balaban J connectivity index is 1.71. The smallest absolute Gasteiger partial charge is 0.284 e. The van der Waals surface area contributed by atoms with Crippen LogP contribution in [0.25, 0.3) is 11.7 Å². The molecule has 0 aliphatic heterocycles. The molecular weight excluding hydrogens is 280 g/mol. The van der Waals surface area contributed by atoms with Crippen molar-refractivity contribution < 1.29 is 8.83 Å². The van der Waals surface area contributed by atoms with E-state index in [1.807, 2.05) is 0 Å². The third-order valence-corrected chi connectivity index (χ3v) is 3.25. The summed E-state index contributed by atoms with van der Waals surface area (Å²) < 4.78 is 10.6. The van der Waals surface area contributed by atoms with Gasteiger partial charge in [-0.2, -0.15) is 0 Å². The Kier molecular flexibility index (Phi) is 3.38. The largest absolute Gasteiger partial charge is 0.459 e. The summed E-state index contributed by atoms with van der Waals surface area (Å²) in [6.45, 7) is 1.73. The first kappa shape index (κ1) is 12.7. The number of hydrogen-bond donors (Lipinski definition) is 1. The van der Waals surface area contributed by atoms with Crippen LogP contribution in [0.1, 0.15) is 11.5 Å². The molecule has 3 heterocycles. The molecule has 7 nitrogen and oxygen atoms in total. The van der Waals surface area contributed by atoms with Crippen LogP contribution >= 0.6 is 11.8 Å². The van der Waals surface area contributed by atoms with E-state index in [-0.39, 0.29) is 5.56 Å². The summed E-state index contributed by atoms with van der Waals surface area (Å²) in [4.78, 5) is 18.1. The molecule has 0 unspecified atom stereocenters. The van der Waals surface area contributed by atoms with Gasteiger partial charge < -0.3 is 13.8 Å². The highest BCUT2D eigenvalue weighted by atomic mass is 32.2. The SMILES string of the molecule is Cc1nc(CSc2nnc(-c3ccco3)o2)cc(=O)[nH]1. The topological polar surface area (TPSA) is 97.8 Å². The van der Waals surface area contributed by atoms with Crippen molar-refractivity contribution >= 4 is 11.8 Å². The Labute approximate surface area is 117 Å². The number of rotatable bonds is 4. The Morgan fingerprint density at radius 2 is 2.30 bits per heavy atom. The molecule has 8 heteroatoms. The van der Waals surface area contributed by atoms with Gasteiger partial charge in [0, 0.05) is 11.8 Å². The van der Waals surface area contributed by atoms with Crippen molar-refractivity contribution in [1.29, 1.82) is 0 Å². The van der Waals surface area contributed by atoms with Crippen molar-refractivity contribution in [2.45, 2.75) is 17.9 Å². The lowest BCUT2D eigenvalue weighted by Gasteiger charge is -1.98. The highest BCUT2D eigenvalue weighted by Gasteiger charge is 2.11. The number of furan rings is 1. The lowest BCUT2D eigenvalue weighted by molar-refractivity contribution is 0.447. The summed E-state index contributed by atoms with van der Waals surface area (Å²) in [5.41, 5.74) is 0.490. The summed E-state index contributed by atoms with van der Waals surface area (Å²) >= 11 is 1.31. The third-order valence-electron chi connectivity index (χ3n) is 2.40. The summed E-state index contributed by atoms with van der Waals surface area (Å²) in [5.74, 6) is 1.90. The van der Waals surface area contributed by atoms with Crippen molar-refractivity contribution in [3.05, 3.63) is 46.3 Å². The van der Waals surface area contributed by atoms with Gasteiger partial charge in [-0.3, -0.25) is 4.79 Å². The van der Waals surface area contributed by atoms with Gasteiger partial charge in [-0.05, 0) is 19.1 Å². The fourth-order valence-corrected chi connectivity index (χ4v) is 2.27. The van der Waals surface area contributed by atoms with Crippen LogP contribution in [0, 0.1) is 6.92 Å². The maximum Gasteiger partial charge on any atom is 0.284 e. The lowest BCUT2D eigenvalue weighted by Crippen LogP contribution is -2.09. The molecule has 1 N–H and O–H groups in total. The molecule has 102 valence electrons. The fraction of sp³-hybridized carbons (Fsp3) is 0.167. The van der Waals surface area contributed by atoms with Gasteiger partial charge >= 0.3 is 0 Å². The van der Waals surface area contributed by atoms with Crippen LogP contribution in [-0.4, -0.2) is 20.2 Å². The van der Waals surface area contributed by atoms with Crippen molar-refractivity contribution in [3.63, 3.8) is 0 Å². The zero-order valence-corrected chi connectivity index (χ0v) is 11.3. The standard InChI is InChI=1S/C12H10N4O3S/c1-7-13-8(5-10(17)14-7)6-20-12-16-15-11(19-12)9-3-2-4-18-9/h2-5H,6H2,1H3,(H,13,14,17). The molecule has 20 heavy (non-hydrogen) atoms. The maximum absolute atomic E-state index is 11.3. The van der Waals surface area contributed by atoms with Gasteiger partial charge in [0.05, 0.1) is 12.0 Å². The van der Waals surface area contributed by atoms with Gasteiger partial charge in [-0.1, -0.05) is 11.8 Å². The van der Waals surface area contributed by atoms with E-state index in [4.69, 9.17) is 8.83 Å². The van der Waals surface area contributed by atoms with Crippen LogP contribution in [0.3, 0.4) is 0 Å². The normalized spacial score (nSPS) is 10.8. The van der Waals surface area contributed by atoms with E-state index in [1.165, 1.54) is 24.1 Å². The van der Waals surface area contributed by atoms with E-state index >= 15 is 0 Å². The van der Waals surface area contributed by atoms with Crippen LogP contribution in [0.2, 0.25) is 0 Å². The highest BCUT2D eigenvalue weighted by molar-refractivity contribution is 7.98. The molecule has 0 amide bonds. The van der Waals surface area contributed by atoms with Gasteiger partial charge in [-0.25, -0.2) is 4.98 Å². The van der Waals surface area contributed by atoms with Crippen LogP contribution in [0.5, 0.6) is 0 Å². The molecule has 0 aliphatic rings. The van der Waals surface area contributed by atoms with Crippen molar-refractivity contribution in [3.8, 4) is 11.7 Å². The molecule has 0 saturated heterocycles. The number of thioether (sulfide) groups is 1. The number of nitrogens with zero attached hydrogens (tertiary/aromatic N) is 3. The summed E-state index contributed by atoms with van der Waals surface area (Å²) in [6, 6.07) is 4.93. The van der Waals surface area contributed by atoms with Crippen LogP contribution in [-0.2, 0) is 5.75 Å². The number of aromatic amines is 1. The molecule has 0 bridgehead atoms. The first-order valence-electron chi connectivity index (χ1n) is 5.78. The Morgan fingerprint density at radius 1 is 1.40 bits per heavy atom. The third kappa shape index (κ3) is 2.80. The Morgan fingerprint density at radius 3 is 3.05 bits per heavy atom. The Hall–Kier alpha value is -2.35. The van der Waals surface area contributed by atoms with Gasteiger partial charge in [-0.15, -0.1) is 10.2 Å². The van der Waals surface area contributed by atoms with Crippen molar-refractivity contribution in [1.82, 2.24) is 20.2 Å². The van der Waals surface area contributed by atoms with Crippen molar-refractivity contribution in [2.24, 2.45) is 0 Å². The molecule has 0 saturated carbocycles. The van der Waals surface area contributed by atoms with E-state index in [0.717, 1.165) is 0 Å². The average molecular weight is 290 g/mol. The van der Waals surface area contributed by atoms with E-state index in [9.17, 15) is 4.79 Å². The van der Waals surface area contributed by atoms with E-state index < -0.39 is 0 Å². The number of aromatic nitrogens is 4. The summed E-state index contributed by atoms with van der Waals surface area (Å²) in [5, 5.41) is 8.19. The minimum atomic E-state index is -0.171. The minimum Gasteiger partial charge on any atom is -0.459 e. The second-order valence-corrected chi connectivity index (χ2v) is 4.89. The Bertz CT molecular complexity index is 763. The molecule has 3 aromatic heterocycles. The van der Waals surface area contributed by atoms with E-state index in [0.29, 0.717) is 34.1 Å². The zero-order chi connectivity index (χ0) is 13.9. The zero-order valence-electron chi connectivity index (χ0n) is 10.5. The molecule has 0 spiro atoms. The second-order valence-electron chi connectivity index (χ2n) is 3.96. The maximum atomic E-state index is 11.3. The van der Waals surface area contributed by atoms with E-state index in [1.54, 1.807) is 19.1 Å². The number of aryl methyl sites for hydroxylation is 1. The lowest BCUT2D eigenvalue weighted by atomic mass is 10.4. The van der Waals surface area contributed by atoms with E-state index in [2.05, 4.69) is 20.2 Å². The van der Waals surface area contributed by atoms with Gasteiger partial charge in [0.2, 0.25) is 0 Å². The fourth-order valence-electron chi connectivity index (χ4n) is 1.62. The number of hydrogen-bond acceptors (Lipinski definition) is 7. The molecule has 0 fully saturated rings.